The van der Waals surface area contributed by atoms with Crippen LogP contribution >= 0.6 is 0 Å². The lowest BCUT2D eigenvalue weighted by atomic mass is 9.93. The van der Waals surface area contributed by atoms with E-state index in [1.54, 1.807) is 18.3 Å². The molecule has 1 saturated heterocycles. The summed E-state index contributed by atoms with van der Waals surface area (Å²) in [4.78, 5) is 18.4. The maximum atomic E-state index is 12.5. The van der Waals surface area contributed by atoms with Crippen LogP contribution in [0.5, 0.6) is 0 Å². The van der Waals surface area contributed by atoms with Crippen LogP contribution in [0, 0.1) is 17.8 Å². The fraction of sp³-hybridized carbons (Fsp3) is 0.619. The third kappa shape index (κ3) is 6.61. The Balaban J connectivity index is 1.81. The molecule has 2 atom stereocenters. The molecule has 0 radical (unpaired) electrons. The highest BCUT2D eigenvalue weighted by molar-refractivity contribution is 7.82. The third-order valence-electron chi connectivity index (χ3n) is 4.66. The summed E-state index contributed by atoms with van der Waals surface area (Å²) in [7, 11) is -1.56. The van der Waals surface area contributed by atoms with Gasteiger partial charge in [-0.1, -0.05) is 11.8 Å². The summed E-state index contributed by atoms with van der Waals surface area (Å²) in [6.45, 7) is 10.6. The number of hydrogen-bond donors (Lipinski definition) is 1. The molecule has 7 heteroatoms. The number of pyridine rings is 1. The minimum atomic E-state index is -1.56. The number of ether oxygens (including phenoxy) is 1. The highest BCUT2D eigenvalue weighted by Crippen LogP contribution is 2.36. The Bertz CT molecular complexity index is 773. The molecule has 0 aromatic carbocycles. The minimum Gasteiger partial charge on any atom is -0.444 e. The smallest absolute Gasteiger partial charge is 0.410 e. The van der Waals surface area contributed by atoms with Crippen LogP contribution in [0.4, 0.5) is 4.79 Å². The van der Waals surface area contributed by atoms with E-state index >= 15 is 0 Å². The van der Waals surface area contributed by atoms with Gasteiger partial charge in [0.05, 0.1) is 0 Å². The highest BCUT2D eigenvalue weighted by atomic mass is 32.2. The fourth-order valence-electron chi connectivity index (χ4n) is 3.44. The van der Waals surface area contributed by atoms with E-state index in [1.165, 1.54) is 0 Å². The number of nitrogens with two attached hydrogens (primary N) is 1. The molecule has 2 N–H and O–H groups in total. The van der Waals surface area contributed by atoms with Crippen molar-refractivity contribution >= 4 is 17.1 Å². The monoisotopic (exact) mass is 405 g/mol. The molecule has 0 spiro atoms. The predicted octanol–water partition coefficient (Wildman–Crippen LogP) is 3.62. The number of aromatic nitrogens is 1. The first kappa shape index (κ1) is 22.4. The van der Waals surface area contributed by atoms with Crippen molar-refractivity contribution in [2.75, 3.05) is 6.54 Å². The van der Waals surface area contributed by atoms with Gasteiger partial charge in [-0.25, -0.2) is 19.1 Å². The zero-order valence-electron chi connectivity index (χ0n) is 17.4. The molecule has 2 rings (SSSR count). The molecule has 1 aromatic rings. The topological polar surface area (TPSA) is 85.5 Å². The summed E-state index contributed by atoms with van der Waals surface area (Å²) in [5, 5.41) is 5.63. The van der Waals surface area contributed by atoms with E-state index in [4.69, 9.17) is 9.88 Å². The van der Waals surface area contributed by atoms with E-state index < -0.39 is 16.6 Å². The largest absolute Gasteiger partial charge is 0.444 e. The molecule has 0 aliphatic carbocycles. The summed E-state index contributed by atoms with van der Waals surface area (Å²) in [5.74, 6) is 6.69. The Labute approximate surface area is 170 Å². The molecule has 1 fully saturated rings. The second-order valence-electron chi connectivity index (χ2n) is 8.85. The van der Waals surface area contributed by atoms with Gasteiger partial charge < -0.3 is 9.64 Å². The highest BCUT2D eigenvalue weighted by Gasteiger charge is 2.42. The van der Waals surface area contributed by atoms with Crippen LogP contribution in [0.3, 0.4) is 0 Å². The number of carbonyl (C=O) groups excluding carboxylic acids is 1. The van der Waals surface area contributed by atoms with Crippen LogP contribution in [0.25, 0.3) is 0 Å². The number of carbonyl (C=O) groups is 1. The molecular weight excluding hydrogens is 374 g/mol. The Morgan fingerprint density at radius 1 is 1.43 bits per heavy atom. The number of likely N-dealkylation sites (tertiary alicyclic amines) is 1. The van der Waals surface area contributed by atoms with Gasteiger partial charge in [-0.3, -0.25) is 0 Å². The molecule has 1 aromatic heterocycles. The van der Waals surface area contributed by atoms with Crippen molar-refractivity contribution in [3.05, 3.63) is 23.9 Å². The van der Waals surface area contributed by atoms with Crippen molar-refractivity contribution in [3.63, 3.8) is 0 Å². The van der Waals surface area contributed by atoms with Gasteiger partial charge in [-0.2, -0.15) is 0 Å². The lowest BCUT2D eigenvalue weighted by Crippen LogP contribution is -2.45. The molecule has 28 heavy (non-hydrogen) atoms. The average molecular weight is 406 g/mol. The van der Waals surface area contributed by atoms with Gasteiger partial charge in [0, 0.05) is 30.3 Å². The summed E-state index contributed by atoms with van der Waals surface area (Å²) >= 11 is 0. The first-order valence-electron chi connectivity index (χ1n) is 9.60. The first-order chi connectivity index (χ1) is 13.0. The SMILES string of the molecule is CC(C)(C)OC(=O)N1CC(CCCC#Cc2ccc(S(N)=O)nc2)CC1(C)C. The van der Waals surface area contributed by atoms with Crippen LogP contribution in [0.15, 0.2) is 23.4 Å². The van der Waals surface area contributed by atoms with Crippen LogP contribution < -0.4 is 5.14 Å². The number of nitrogens with zero attached hydrogens (tertiary/aromatic N) is 2. The normalized spacial score (nSPS) is 19.6. The molecule has 1 aliphatic rings. The Morgan fingerprint density at radius 2 is 2.14 bits per heavy atom. The molecular formula is C21H31N3O3S. The van der Waals surface area contributed by atoms with Gasteiger partial charge in [0.2, 0.25) is 0 Å². The van der Waals surface area contributed by atoms with Crippen LogP contribution in [-0.4, -0.2) is 37.9 Å². The summed E-state index contributed by atoms with van der Waals surface area (Å²) in [5.41, 5.74) is 0.120. The summed E-state index contributed by atoms with van der Waals surface area (Å²) in [6, 6.07) is 3.41. The van der Waals surface area contributed by atoms with Crippen molar-refractivity contribution in [2.24, 2.45) is 11.1 Å². The maximum absolute atomic E-state index is 12.5. The second kappa shape index (κ2) is 9.06. The van der Waals surface area contributed by atoms with Gasteiger partial charge in [-0.15, -0.1) is 0 Å². The van der Waals surface area contributed by atoms with E-state index in [2.05, 4.69) is 30.7 Å². The van der Waals surface area contributed by atoms with Crippen molar-refractivity contribution in [1.82, 2.24) is 9.88 Å². The molecule has 0 bridgehead atoms. The Morgan fingerprint density at radius 3 is 2.71 bits per heavy atom. The number of rotatable bonds is 4. The third-order valence-corrected chi connectivity index (χ3v) is 5.32. The molecule has 1 amide bonds. The van der Waals surface area contributed by atoms with Crippen molar-refractivity contribution < 1.29 is 13.7 Å². The molecule has 1 aliphatic heterocycles. The maximum Gasteiger partial charge on any atom is 0.410 e. The lowest BCUT2D eigenvalue weighted by molar-refractivity contribution is 0.0131. The van der Waals surface area contributed by atoms with E-state index in [9.17, 15) is 9.00 Å². The molecule has 6 nitrogen and oxygen atoms in total. The number of amides is 1. The van der Waals surface area contributed by atoms with E-state index in [0.29, 0.717) is 10.9 Å². The lowest BCUT2D eigenvalue weighted by Gasteiger charge is -2.33. The first-order valence-corrected chi connectivity index (χ1v) is 10.8. The van der Waals surface area contributed by atoms with Gasteiger partial charge in [0.1, 0.15) is 21.6 Å². The summed E-state index contributed by atoms with van der Waals surface area (Å²) < 4.78 is 16.7. The molecule has 0 saturated carbocycles. The fourth-order valence-corrected chi connectivity index (χ4v) is 3.79. The molecule has 2 unspecified atom stereocenters. The number of unbranched alkanes of at least 4 members (excludes halogenated alkanes) is 1. The zero-order valence-corrected chi connectivity index (χ0v) is 18.3. The molecule has 2 heterocycles. The van der Waals surface area contributed by atoms with Crippen LogP contribution in [-0.2, 0) is 15.7 Å². The van der Waals surface area contributed by atoms with Gasteiger partial charge >= 0.3 is 6.09 Å². The van der Waals surface area contributed by atoms with E-state index in [0.717, 1.165) is 37.8 Å². The van der Waals surface area contributed by atoms with Gasteiger partial charge in [0.25, 0.3) is 0 Å². The van der Waals surface area contributed by atoms with Gasteiger partial charge in [-0.05, 0) is 71.9 Å². The van der Waals surface area contributed by atoms with Gasteiger partial charge in [0.15, 0.2) is 0 Å². The van der Waals surface area contributed by atoms with E-state index in [1.807, 2.05) is 25.7 Å². The molecule has 154 valence electrons. The average Bonchev–Trinajstić information content (AvgIpc) is 2.88. The zero-order chi connectivity index (χ0) is 20.9. The van der Waals surface area contributed by atoms with Crippen molar-refractivity contribution in [1.29, 1.82) is 0 Å². The Hall–Kier alpha value is -1.91. The van der Waals surface area contributed by atoms with Crippen molar-refractivity contribution in [2.45, 2.75) is 76.5 Å². The van der Waals surface area contributed by atoms with E-state index in [-0.39, 0.29) is 11.6 Å². The second-order valence-corrected chi connectivity index (χ2v) is 9.86. The Kier molecular flexibility index (Phi) is 7.24. The van der Waals surface area contributed by atoms with Crippen LogP contribution in [0.2, 0.25) is 0 Å². The van der Waals surface area contributed by atoms with Crippen molar-refractivity contribution in [3.8, 4) is 11.8 Å². The predicted molar refractivity (Wildman–Crippen MR) is 111 cm³/mol. The quantitative estimate of drug-likeness (QED) is 0.612. The number of hydrogen-bond acceptors (Lipinski definition) is 4. The summed E-state index contributed by atoms with van der Waals surface area (Å²) in [6.07, 6.45) is 5.13. The minimum absolute atomic E-state index is 0.185. The van der Waals surface area contributed by atoms with Crippen LogP contribution in [0.1, 0.15) is 65.9 Å². The standard InChI is InChI=1S/C21H31N3O3S/c1-20(2,3)27-19(25)24-15-17(13-21(24,4)5)10-8-6-7-9-16-11-12-18(23-14-16)28(22)26/h11-12,14,17H,6,8,10,13,15,22H2,1-5H3.